The molecule has 1 amide bonds. The number of benzene rings is 3. The molecule has 8 nitrogen and oxygen atoms in total. The molecule has 0 bridgehead atoms. The summed E-state index contributed by atoms with van der Waals surface area (Å²) in [6, 6.07) is 24.4. The molecular weight excluding hydrogens is 532 g/mol. The first-order chi connectivity index (χ1) is 20.5. The average molecular weight is 573 g/mol. The number of piperidine rings is 1. The summed E-state index contributed by atoms with van der Waals surface area (Å²) in [6.45, 7) is 6.03. The highest BCUT2D eigenvalue weighted by atomic mass is 16.7. The van der Waals surface area contributed by atoms with Crippen LogP contribution in [0.25, 0.3) is 11.1 Å². The average Bonchev–Trinajstić information content (AvgIpc) is 3.49. The summed E-state index contributed by atoms with van der Waals surface area (Å²) < 4.78 is 25.0. The molecular formula is C34H40N2O6. The van der Waals surface area contributed by atoms with Gasteiger partial charge in [-0.25, -0.2) is 0 Å². The number of rotatable bonds is 8. The van der Waals surface area contributed by atoms with Crippen LogP contribution >= 0.6 is 0 Å². The second-order valence-corrected chi connectivity index (χ2v) is 11.4. The molecule has 3 atom stereocenters. The fourth-order valence-corrected chi connectivity index (χ4v) is 6.18. The van der Waals surface area contributed by atoms with Crippen LogP contribution in [-0.4, -0.2) is 60.7 Å². The van der Waals surface area contributed by atoms with Crippen molar-refractivity contribution in [3.63, 3.8) is 0 Å². The van der Waals surface area contributed by atoms with Gasteiger partial charge in [-0.05, 0) is 27.8 Å². The molecule has 6 rings (SSSR count). The number of hydrogen-bond acceptors (Lipinski definition) is 7. The second-order valence-electron chi connectivity index (χ2n) is 11.4. The van der Waals surface area contributed by atoms with Crippen molar-refractivity contribution in [1.29, 1.82) is 0 Å². The third-order valence-electron chi connectivity index (χ3n) is 8.55. The summed E-state index contributed by atoms with van der Waals surface area (Å²) >= 11 is 0. The molecule has 3 aromatic carbocycles. The minimum absolute atomic E-state index is 0.0104. The van der Waals surface area contributed by atoms with Crippen LogP contribution in [0.3, 0.4) is 0 Å². The van der Waals surface area contributed by atoms with E-state index < -0.39 is 12.1 Å². The van der Waals surface area contributed by atoms with Gasteiger partial charge >= 0.3 is 0 Å². The Morgan fingerprint density at radius 3 is 2.31 bits per heavy atom. The lowest BCUT2D eigenvalue weighted by molar-refractivity contribution is -0.255. The molecule has 1 spiro atoms. The van der Waals surface area contributed by atoms with Crippen molar-refractivity contribution in [1.82, 2.24) is 10.2 Å². The lowest BCUT2D eigenvalue weighted by Crippen LogP contribution is -2.48. The van der Waals surface area contributed by atoms with E-state index in [1.807, 2.05) is 42.5 Å². The Hall–Kier alpha value is -3.11. The van der Waals surface area contributed by atoms with E-state index in [-0.39, 0.29) is 24.7 Å². The number of nitrogens with zero attached hydrogens (tertiary/aromatic N) is 1. The van der Waals surface area contributed by atoms with Crippen molar-refractivity contribution in [2.45, 2.75) is 63.6 Å². The molecule has 3 fully saturated rings. The van der Waals surface area contributed by atoms with Crippen molar-refractivity contribution >= 4 is 5.91 Å². The van der Waals surface area contributed by atoms with E-state index in [1.165, 1.54) is 6.92 Å². The zero-order chi connectivity index (χ0) is 28.9. The van der Waals surface area contributed by atoms with Crippen molar-refractivity contribution in [3.05, 3.63) is 95.1 Å². The van der Waals surface area contributed by atoms with Crippen LogP contribution in [0.1, 0.15) is 60.8 Å². The van der Waals surface area contributed by atoms with Crippen molar-refractivity contribution in [2.75, 3.05) is 32.8 Å². The van der Waals surface area contributed by atoms with Gasteiger partial charge in [0.2, 0.25) is 5.91 Å². The van der Waals surface area contributed by atoms with Gasteiger partial charge in [-0.1, -0.05) is 72.8 Å². The van der Waals surface area contributed by atoms with Gasteiger partial charge in [0.1, 0.15) is 0 Å². The number of carbonyl (C=O) groups excluding carboxylic acids is 1. The Kier molecular flexibility index (Phi) is 9.00. The molecule has 42 heavy (non-hydrogen) atoms. The van der Waals surface area contributed by atoms with E-state index in [0.717, 1.165) is 72.3 Å². The number of likely N-dealkylation sites (tertiary alicyclic amines) is 1. The van der Waals surface area contributed by atoms with Crippen LogP contribution in [0, 0.1) is 0 Å². The lowest BCUT2D eigenvalue weighted by Gasteiger charge is -2.41. The molecule has 222 valence electrons. The summed E-state index contributed by atoms with van der Waals surface area (Å²) in [5.74, 6) is -0.444. The van der Waals surface area contributed by atoms with E-state index >= 15 is 0 Å². The summed E-state index contributed by atoms with van der Waals surface area (Å²) in [7, 11) is 0. The first-order valence-electron chi connectivity index (χ1n) is 14.9. The van der Waals surface area contributed by atoms with E-state index in [9.17, 15) is 9.90 Å². The molecule has 0 unspecified atom stereocenters. The van der Waals surface area contributed by atoms with Gasteiger partial charge in [0, 0.05) is 57.9 Å². The van der Waals surface area contributed by atoms with E-state index in [4.69, 9.17) is 18.9 Å². The summed E-state index contributed by atoms with van der Waals surface area (Å²) in [6.07, 6.45) is 1.85. The third-order valence-corrected chi connectivity index (χ3v) is 8.55. The number of carbonyl (C=O) groups is 1. The highest BCUT2D eigenvalue weighted by Crippen LogP contribution is 2.39. The minimum Gasteiger partial charge on any atom is -0.392 e. The normalized spacial score (nSPS) is 24.1. The molecule has 3 aliphatic heterocycles. The Balaban J connectivity index is 1.19. The Morgan fingerprint density at radius 2 is 1.62 bits per heavy atom. The highest BCUT2D eigenvalue weighted by Gasteiger charge is 2.41. The van der Waals surface area contributed by atoms with Gasteiger partial charge in [0.15, 0.2) is 12.1 Å². The van der Waals surface area contributed by atoms with Crippen molar-refractivity contribution in [2.24, 2.45) is 0 Å². The largest absolute Gasteiger partial charge is 0.392 e. The SMILES string of the molecule is CC(=O)NCc1ccccc1-c1ccc([C@@H]2O[C@H](CN3CCC4(CC3)OCCO4)C[C@H](c3ccc(CO)cc3)O2)cc1. The van der Waals surface area contributed by atoms with Crippen LogP contribution < -0.4 is 5.32 Å². The fourth-order valence-electron chi connectivity index (χ4n) is 6.18. The number of amides is 1. The molecule has 0 radical (unpaired) electrons. The predicted molar refractivity (Wildman–Crippen MR) is 158 cm³/mol. The number of ether oxygens (including phenoxy) is 4. The van der Waals surface area contributed by atoms with Crippen LogP contribution in [0.5, 0.6) is 0 Å². The van der Waals surface area contributed by atoms with E-state index in [2.05, 4.69) is 40.5 Å². The van der Waals surface area contributed by atoms with Gasteiger partial charge in [-0.15, -0.1) is 0 Å². The lowest BCUT2D eigenvalue weighted by atomic mass is 9.97. The first kappa shape index (κ1) is 29.0. The standard InChI is InChI=1S/C34H40N2O6/c1-24(38)35-21-29-4-2-3-5-31(29)26-10-12-28(13-11-26)33-41-30(20-32(42-33)27-8-6-25(23-37)7-9-27)22-36-16-14-34(15-17-36)39-18-19-40-34/h2-13,30,32-33,37H,14-23H2,1H3,(H,35,38)/t30-,32+,33+/m0/s1. The molecule has 3 aromatic rings. The predicted octanol–water partition coefficient (Wildman–Crippen LogP) is 4.87. The summed E-state index contributed by atoms with van der Waals surface area (Å²) in [5.41, 5.74) is 6.15. The maximum Gasteiger partial charge on any atom is 0.217 e. The quantitative estimate of drug-likeness (QED) is 0.398. The van der Waals surface area contributed by atoms with Gasteiger partial charge in [-0.2, -0.15) is 0 Å². The topological polar surface area (TPSA) is 89.5 Å². The van der Waals surface area contributed by atoms with E-state index in [1.54, 1.807) is 0 Å². The fraction of sp³-hybridized carbons (Fsp3) is 0.441. The Bertz CT molecular complexity index is 1330. The molecule has 0 aliphatic carbocycles. The van der Waals surface area contributed by atoms with Crippen LogP contribution in [-0.2, 0) is 36.9 Å². The smallest absolute Gasteiger partial charge is 0.217 e. The molecule has 3 aliphatic rings. The molecule has 8 heteroatoms. The van der Waals surface area contributed by atoms with Gasteiger partial charge in [0.05, 0.1) is 32.0 Å². The number of aliphatic hydroxyl groups is 1. The van der Waals surface area contributed by atoms with Crippen molar-refractivity contribution in [3.8, 4) is 11.1 Å². The molecule has 3 saturated heterocycles. The Labute approximate surface area is 247 Å². The van der Waals surface area contributed by atoms with Gasteiger partial charge in [-0.3, -0.25) is 4.79 Å². The minimum atomic E-state index is -0.507. The zero-order valence-electron chi connectivity index (χ0n) is 24.2. The maximum absolute atomic E-state index is 11.5. The van der Waals surface area contributed by atoms with Gasteiger partial charge < -0.3 is 34.3 Å². The van der Waals surface area contributed by atoms with Gasteiger partial charge in [0.25, 0.3) is 0 Å². The van der Waals surface area contributed by atoms with Crippen LogP contribution in [0.4, 0.5) is 0 Å². The van der Waals surface area contributed by atoms with Crippen LogP contribution in [0.15, 0.2) is 72.8 Å². The van der Waals surface area contributed by atoms with E-state index in [0.29, 0.717) is 19.8 Å². The Morgan fingerprint density at radius 1 is 0.929 bits per heavy atom. The second kappa shape index (κ2) is 13.0. The molecule has 0 saturated carbocycles. The molecule has 0 aromatic heterocycles. The first-order valence-corrected chi connectivity index (χ1v) is 14.9. The monoisotopic (exact) mass is 572 g/mol. The van der Waals surface area contributed by atoms with Crippen LogP contribution in [0.2, 0.25) is 0 Å². The number of nitrogens with one attached hydrogen (secondary N) is 1. The molecule has 2 N–H and O–H groups in total. The summed E-state index contributed by atoms with van der Waals surface area (Å²) in [4.78, 5) is 13.9. The molecule has 3 heterocycles. The number of hydrogen-bond donors (Lipinski definition) is 2. The maximum atomic E-state index is 11.5. The third kappa shape index (κ3) is 6.75. The summed E-state index contributed by atoms with van der Waals surface area (Å²) in [5, 5.41) is 12.4. The number of aliphatic hydroxyl groups excluding tert-OH is 1. The zero-order valence-corrected chi connectivity index (χ0v) is 24.2. The highest BCUT2D eigenvalue weighted by molar-refractivity contribution is 5.74. The van der Waals surface area contributed by atoms with Crippen molar-refractivity contribution < 1.29 is 28.8 Å².